The number of nitroso groups, excluding NO2 is 1. The number of carbonyl (C=O) groups is 1. The first-order chi connectivity index (χ1) is 12.2. The molecule has 8 nitrogen and oxygen atoms in total. The van der Waals surface area contributed by atoms with Crippen molar-refractivity contribution in [2.75, 3.05) is 19.5 Å². The zero-order valence-electron chi connectivity index (χ0n) is 14.5. The van der Waals surface area contributed by atoms with Crippen LogP contribution in [0.1, 0.15) is 38.5 Å². The standard InChI is InChI=1S/C16H27N3O5S/c1-22-11-4-2-10(3-5-11)16(20)23-8-9-25-13-7-6-12(17-21)14-15(13)19-24-18-14/h10-15,18-19H,2-9H2,1H3. The summed E-state index contributed by atoms with van der Waals surface area (Å²) in [6.07, 6.45) is 5.51. The maximum absolute atomic E-state index is 12.1. The van der Waals surface area contributed by atoms with E-state index in [1.807, 2.05) is 0 Å². The highest BCUT2D eigenvalue weighted by Gasteiger charge is 2.44. The number of nitrogens with one attached hydrogen (secondary N) is 2. The molecule has 2 aliphatic carbocycles. The SMILES string of the molecule is COC1CCC(C(=O)OCCSC2CCC(N=O)C3NONC23)CC1. The van der Waals surface area contributed by atoms with E-state index in [1.165, 1.54) is 0 Å². The number of rotatable bonds is 7. The molecule has 0 spiro atoms. The van der Waals surface area contributed by atoms with Crippen molar-refractivity contribution < 1.29 is 19.2 Å². The Labute approximate surface area is 152 Å². The third-order valence-corrected chi connectivity index (χ3v) is 6.83. The van der Waals surface area contributed by atoms with Crippen LogP contribution in [-0.2, 0) is 19.2 Å². The minimum absolute atomic E-state index is 0.0176. The molecule has 0 radical (unpaired) electrons. The summed E-state index contributed by atoms with van der Waals surface area (Å²) in [7, 11) is 1.73. The molecule has 0 aromatic rings. The van der Waals surface area contributed by atoms with Crippen LogP contribution in [0.15, 0.2) is 5.18 Å². The van der Waals surface area contributed by atoms with E-state index in [0.717, 1.165) is 44.3 Å². The Bertz CT molecular complexity index is 461. The fraction of sp³-hybridized carbons (Fsp3) is 0.938. The Hall–Kier alpha value is -0.740. The van der Waals surface area contributed by atoms with Crippen molar-refractivity contribution in [2.24, 2.45) is 11.1 Å². The highest BCUT2D eigenvalue weighted by atomic mass is 32.2. The number of methoxy groups -OCH3 is 1. The summed E-state index contributed by atoms with van der Waals surface area (Å²) in [5.74, 6) is 0.684. The lowest BCUT2D eigenvalue weighted by Crippen LogP contribution is -2.52. The van der Waals surface area contributed by atoms with Crippen LogP contribution in [0.25, 0.3) is 0 Å². The van der Waals surface area contributed by atoms with Crippen molar-refractivity contribution in [1.82, 2.24) is 11.0 Å². The van der Waals surface area contributed by atoms with E-state index in [0.29, 0.717) is 18.0 Å². The summed E-state index contributed by atoms with van der Waals surface area (Å²) in [5.41, 5.74) is 5.77. The molecular formula is C16H27N3O5S. The second kappa shape index (κ2) is 9.27. The summed E-state index contributed by atoms with van der Waals surface area (Å²) >= 11 is 1.76. The van der Waals surface area contributed by atoms with Gasteiger partial charge in [0.15, 0.2) is 0 Å². The summed E-state index contributed by atoms with van der Waals surface area (Å²) in [6.45, 7) is 0.422. The molecule has 0 bridgehead atoms. The molecule has 3 rings (SSSR count). The number of thioether (sulfide) groups is 1. The van der Waals surface area contributed by atoms with Gasteiger partial charge in [0.1, 0.15) is 12.6 Å². The van der Waals surface area contributed by atoms with E-state index < -0.39 is 0 Å². The van der Waals surface area contributed by atoms with Gasteiger partial charge >= 0.3 is 5.97 Å². The molecule has 0 aromatic heterocycles. The van der Waals surface area contributed by atoms with Gasteiger partial charge in [0, 0.05) is 18.1 Å². The van der Waals surface area contributed by atoms with Gasteiger partial charge in [-0.2, -0.15) is 27.6 Å². The van der Waals surface area contributed by atoms with Gasteiger partial charge in [0.05, 0.1) is 24.1 Å². The lowest BCUT2D eigenvalue weighted by Gasteiger charge is -2.33. The predicted molar refractivity (Wildman–Crippen MR) is 93.7 cm³/mol. The average Bonchev–Trinajstić information content (AvgIpc) is 3.15. The van der Waals surface area contributed by atoms with Crippen LogP contribution in [-0.4, -0.2) is 54.9 Å². The fourth-order valence-electron chi connectivity index (χ4n) is 3.93. The van der Waals surface area contributed by atoms with E-state index in [9.17, 15) is 9.70 Å². The van der Waals surface area contributed by atoms with Crippen LogP contribution >= 0.6 is 11.8 Å². The molecule has 3 fully saturated rings. The molecule has 142 valence electrons. The lowest BCUT2D eigenvalue weighted by molar-refractivity contribution is -0.149. The highest BCUT2D eigenvalue weighted by Crippen LogP contribution is 2.33. The third kappa shape index (κ3) is 4.71. The molecule has 25 heavy (non-hydrogen) atoms. The van der Waals surface area contributed by atoms with Crippen molar-refractivity contribution in [3.63, 3.8) is 0 Å². The van der Waals surface area contributed by atoms with Gasteiger partial charge in [-0.15, -0.1) is 0 Å². The minimum atomic E-state index is -0.253. The van der Waals surface area contributed by atoms with E-state index >= 15 is 0 Å². The summed E-state index contributed by atoms with van der Waals surface area (Å²) in [6, 6.07) is -0.277. The van der Waals surface area contributed by atoms with Gasteiger partial charge in [0.2, 0.25) is 0 Å². The van der Waals surface area contributed by atoms with Crippen LogP contribution in [0, 0.1) is 10.8 Å². The molecule has 3 aliphatic rings. The van der Waals surface area contributed by atoms with Crippen LogP contribution in [0.2, 0.25) is 0 Å². The van der Waals surface area contributed by atoms with Crippen LogP contribution < -0.4 is 11.0 Å². The highest BCUT2D eigenvalue weighted by molar-refractivity contribution is 8.00. The Morgan fingerprint density at radius 3 is 2.64 bits per heavy atom. The molecule has 0 amide bonds. The van der Waals surface area contributed by atoms with Crippen molar-refractivity contribution in [3.8, 4) is 0 Å². The normalized spacial score (nSPS) is 38.1. The second-order valence-electron chi connectivity index (χ2n) is 6.93. The van der Waals surface area contributed by atoms with Crippen LogP contribution in [0.5, 0.6) is 0 Å². The maximum Gasteiger partial charge on any atom is 0.308 e. The van der Waals surface area contributed by atoms with E-state index in [4.69, 9.17) is 14.4 Å². The van der Waals surface area contributed by atoms with E-state index in [1.54, 1.807) is 18.9 Å². The number of ether oxygens (including phenoxy) is 2. The van der Waals surface area contributed by atoms with Gasteiger partial charge in [-0.3, -0.25) is 4.79 Å². The van der Waals surface area contributed by atoms with Gasteiger partial charge < -0.3 is 9.47 Å². The summed E-state index contributed by atoms with van der Waals surface area (Å²) in [5, 5.41) is 3.50. The Balaban J connectivity index is 1.34. The van der Waals surface area contributed by atoms with Gasteiger partial charge in [-0.05, 0) is 38.5 Å². The Morgan fingerprint density at radius 2 is 1.92 bits per heavy atom. The smallest absolute Gasteiger partial charge is 0.308 e. The molecule has 1 heterocycles. The Morgan fingerprint density at radius 1 is 1.16 bits per heavy atom. The molecule has 2 N–H and O–H groups in total. The van der Waals surface area contributed by atoms with Gasteiger partial charge in [0.25, 0.3) is 0 Å². The van der Waals surface area contributed by atoms with E-state index in [-0.39, 0.29) is 30.0 Å². The zero-order valence-corrected chi connectivity index (χ0v) is 15.3. The number of carbonyl (C=O) groups excluding carboxylic acids is 1. The number of nitrogens with zero attached hydrogens (tertiary/aromatic N) is 1. The molecule has 4 unspecified atom stereocenters. The number of hydrogen-bond acceptors (Lipinski definition) is 9. The number of fused-ring (bicyclic) bond motifs is 1. The van der Waals surface area contributed by atoms with Crippen molar-refractivity contribution in [3.05, 3.63) is 4.91 Å². The number of esters is 1. The van der Waals surface area contributed by atoms with Crippen LogP contribution in [0.3, 0.4) is 0 Å². The topological polar surface area (TPSA) is 98.3 Å². The predicted octanol–water partition coefficient (Wildman–Crippen LogP) is 1.54. The zero-order chi connectivity index (χ0) is 17.6. The average molecular weight is 373 g/mol. The molecule has 0 aromatic carbocycles. The lowest BCUT2D eigenvalue weighted by atomic mass is 9.87. The Kier molecular flexibility index (Phi) is 7.06. The molecule has 2 saturated carbocycles. The van der Waals surface area contributed by atoms with Crippen molar-refractivity contribution in [1.29, 1.82) is 0 Å². The number of hydroxylamine groups is 2. The largest absolute Gasteiger partial charge is 0.465 e. The van der Waals surface area contributed by atoms with E-state index in [2.05, 4.69) is 16.1 Å². The van der Waals surface area contributed by atoms with Crippen molar-refractivity contribution >= 4 is 17.7 Å². The molecule has 4 atom stereocenters. The first kappa shape index (κ1) is 19.0. The fourth-order valence-corrected chi connectivity index (χ4v) is 5.15. The molecule has 1 saturated heterocycles. The summed E-state index contributed by atoms with van der Waals surface area (Å²) < 4.78 is 10.8. The molecular weight excluding hydrogens is 346 g/mol. The quantitative estimate of drug-likeness (QED) is 0.394. The molecule has 1 aliphatic heterocycles. The minimum Gasteiger partial charge on any atom is -0.465 e. The third-order valence-electron chi connectivity index (χ3n) is 5.47. The number of hydrogen-bond donors (Lipinski definition) is 2. The first-order valence-electron chi connectivity index (χ1n) is 9.03. The molecule has 9 heteroatoms. The van der Waals surface area contributed by atoms with Gasteiger partial charge in [-0.25, -0.2) is 4.94 Å². The maximum atomic E-state index is 12.1. The monoisotopic (exact) mass is 373 g/mol. The van der Waals surface area contributed by atoms with Crippen molar-refractivity contribution in [2.45, 2.75) is 68.0 Å². The first-order valence-corrected chi connectivity index (χ1v) is 10.1. The van der Waals surface area contributed by atoms with Gasteiger partial charge in [-0.1, -0.05) is 5.18 Å². The summed E-state index contributed by atoms with van der Waals surface area (Å²) in [4.78, 5) is 28.1. The second-order valence-corrected chi connectivity index (χ2v) is 8.27. The van der Waals surface area contributed by atoms with Crippen LogP contribution in [0.4, 0.5) is 0 Å².